The van der Waals surface area contributed by atoms with Gasteiger partial charge in [0.2, 0.25) is 0 Å². The summed E-state index contributed by atoms with van der Waals surface area (Å²) in [5, 5.41) is 2.90. The molecule has 0 spiro atoms. The number of carbonyl (C=O) groups is 1. The topological polar surface area (TPSA) is 42.2 Å². The van der Waals surface area contributed by atoms with E-state index in [-0.39, 0.29) is 11.9 Å². The Labute approximate surface area is 114 Å². The third-order valence-corrected chi connectivity index (χ3v) is 3.08. The summed E-state index contributed by atoms with van der Waals surface area (Å²) in [5.41, 5.74) is 1.68. The number of hydrogen-bond donors (Lipinski definition) is 1. The quantitative estimate of drug-likeness (QED) is 0.936. The zero-order valence-corrected chi connectivity index (χ0v) is 11.8. The average molecular weight is 308 g/mol. The molecular formula is C14H14BrNO2. The highest BCUT2D eigenvalue weighted by molar-refractivity contribution is 9.10. The van der Waals surface area contributed by atoms with Crippen LogP contribution in [0.4, 0.5) is 0 Å². The maximum atomic E-state index is 12.1. The number of benzene rings is 1. The minimum atomic E-state index is -0.146. The first-order valence-electron chi connectivity index (χ1n) is 5.68. The molecule has 18 heavy (non-hydrogen) atoms. The first kappa shape index (κ1) is 12.9. The normalized spacial score (nSPS) is 12.2. The molecule has 0 radical (unpaired) electrons. The highest BCUT2D eigenvalue weighted by atomic mass is 79.9. The van der Waals surface area contributed by atoms with Gasteiger partial charge in [-0.1, -0.05) is 15.9 Å². The Balaban J connectivity index is 2.12. The van der Waals surface area contributed by atoms with E-state index >= 15 is 0 Å². The smallest absolute Gasteiger partial charge is 0.251 e. The summed E-state index contributed by atoms with van der Waals surface area (Å²) in [5.74, 6) is 0.637. The van der Waals surface area contributed by atoms with Gasteiger partial charge < -0.3 is 9.73 Å². The van der Waals surface area contributed by atoms with Crippen molar-refractivity contribution in [3.63, 3.8) is 0 Å². The lowest BCUT2D eigenvalue weighted by atomic mass is 10.1. The van der Waals surface area contributed by atoms with Crippen LogP contribution in [-0.2, 0) is 0 Å². The number of hydrogen-bond acceptors (Lipinski definition) is 2. The third-order valence-electron chi connectivity index (χ3n) is 2.62. The monoisotopic (exact) mass is 307 g/mol. The highest BCUT2D eigenvalue weighted by Gasteiger charge is 2.13. The van der Waals surface area contributed by atoms with E-state index in [1.165, 1.54) is 0 Å². The zero-order chi connectivity index (χ0) is 13.1. The van der Waals surface area contributed by atoms with E-state index in [1.54, 1.807) is 18.4 Å². The summed E-state index contributed by atoms with van der Waals surface area (Å²) in [7, 11) is 0. The van der Waals surface area contributed by atoms with Crippen LogP contribution in [0.2, 0.25) is 0 Å². The lowest BCUT2D eigenvalue weighted by Gasteiger charge is -2.12. The molecule has 0 bridgehead atoms. The van der Waals surface area contributed by atoms with Crippen molar-refractivity contribution in [1.82, 2.24) is 5.32 Å². The Morgan fingerprint density at radius 1 is 1.39 bits per heavy atom. The van der Waals surface area contributed by atoms with Crippen molar-refractivity contribution >= 4 is 21.8 Å². The number of nitrogens with one attached hydrogen (secondary N) is 1. The van der Waals surface area contributed by atoms with Gasteiger partial charge in [-0.15, -0.1) is 0 Å². The lowest BCUT2D eigenvalue weighted by Crippen LogP contribution is -2.26. The van der Waals surface area contributed by atoms with Crippen LogP contribution < -0.4 is 5.32 Å². The summed E-state index contributed by atoms with van der Waals surface area (Å²) >= 11 is 3.39. The zero-order valence-electron chi connectivity index (χ0n) is 10.2. The van der Waals surface area contributed by atoms with E-state index in [2.05, 4.69) is 21.2 Å². The van der Waals surface area contributed by atoms with Crippen molar-refractivity contribution in [2.45, 2.75) is 19.9 Å². The molecule has 1 atom stereocenters. The van der Waals surface area contributed by atoms with Gasteiger partial charge in [0.25, 0.3) is 5.91 Å². The summed E-state index contributed by atoms with van der Waals surface area (Å²) < 4.78 is 6.16. The Bertz CT molecular complexity index is 529. The molecule has 0 aliphatic rings. The predicted octanol–water partition coefficient (Wildman–Crippen LogP) is 3.84. The summed E-state index contributed by atoms with van der Waals surface area (Å²) in [6, 6.07) is 9.13. The first-order chi connectivity index (χ1) is 8.56. The van der Waals surface area contributed by atoms with E-state index in [0.29, 0.717) is 5.56 Å². The molecule has 0 saturated carbocycles. The summed E-state index contributed by atoms with van der Waals surface area (Å²) in [6.07, 6.45) is 1.60. The largest absolute Gasteiger partial charge is 0.467 e. The summed E-state index contributed by atoms with van der Waals surface area (Å²) in [4.78, 5) is 12.1. The molecule has 1 unspecified atom stereocenters. The highest BCUT2D eigenvalue weighted by Crippen LogP contribution is 2.17. The van der Waals surface area contributed by atoms with Gasteiger partial charge in [-0.25, -0.2) is 0 Å². The average Bonchev–Trinajstić information content (AvgIpc) is 2.80. The SMILES string of the molecule is Cc1cc(Br)cc(C(=O)NC(C)c2ccco2)c1. The molecule has 0 aliphatic carbocycles. The van der Waals surface area contributed by atoms with Crippen LogP contribution in [0.5, 0.6) is 0 Å². The molecule has 3 nitrogen and oxygen atoms in total. The molecule has 0 saturated heterocycles. The predicted molar refractivity (Wildman–Crippen MR) is 73.5 cm³/mol. The Kier molecular flexibility index (Phi) is 3.87. The van der Waals surface area contributed by atoms with Crippen LogP contribution in [-0.4, -0.2) is 5.91 Å². The van der Waals surface area contributed by atoms with E-state index in [4.69, 9.17) is 4.42 Å². The molecule has 0 aliphatic heterocycles. The van der Waals surface area contributed by atoms with Gasteiger partial charge in [-0.05, 0) is 49.7 Å². The standard InChI is InChI=1S/C14H14BrNO2/c1-9-6-11(8-12(15)7-9)14(17)16-10(2)13-4-3-5-18-13/h3-8,10H,1-2H3,(H,16,17). The van der Waals surface area contributed by atoms with Gasteiger partial charge in [-0.3, -0.25) is 4.79 Å². The minimum absolute atomic E-state index is 0.108. The Morgan fingerprint density at radius 3 is 2.78 bits per heavy atom. The van der Waals surface area contributed by atoms with Crippen LogP contribution in [0.1, 0.15) is 34.6 Å². The van der Waals surface area contributed by atoms with Gasteiger partial charge in [0.1, 0.15) is 5.76 Å². The molecular weight excluding hydrogens is 294 g/mol. The van der Waals surface area contributed by atoms with Crippen molar-refractivity contribution in [3.8, 4) is 0 Å². The van der Waals surface area contributed by atoms with Crippen LogP contribution in [0.25, 0.3) is 0 Å². The molecule has 4 heteroatoms. The van der Waals surface area contributed by atoms with Crippen LogP contribution >= 0.6 is 15.9 Å². The second-order valence-electron chi connectivity index (χ2n) is 4.23. The third kappa shape index (κ3) is 3.01. The minimum Gasteiger partial charge on any atom is -0.467 e. The number of rotatable bonds is 3. The number of furan rings is 1. The van der Waals surface area contributed by atoms with Gasteiger partial charge >= 0.3 is 0 Å². The second kappa shape index (κ2) is 5.40. The van der Waals surface area contributed by atoms with Gasteiger partial charge in [0, 0.05) is 10.0 Å². The molecule has 2 aromatic rings. The van der Waals surface area contributed by atoms with Crippen molar-refractivity contribution in [3.05, 3.63) is 58.0 Å². The lowest BCUT2D eigenvalue weighted by molar-refractivity contribution is 0.0935. The fourth-order valence-electron chi connectivity index (χ4n) is 1.76. The van der Waals surface area contributed by atoms with E-state index < -0.39 is 0 Å². The fourth-order valence-corrected chi connectivity index (χ4v) is 2.36. The number of aryl methyl sites for hydroxylation is 1. The van der Waals surface area contributed by atoms with Crippen molar-refractivity contribution < 1.29 is 9.21 Å². The van der Waals surface area contributed by atoms with E-state index in [9.17, 15) is 4.79 Å². The number of carbonyl (C=O) groups excluding carboxylic acids is 1. The van der Waals surface area contributed by atoms with Crippen molar-refractivity contribution in [1.29, 1.82) is 0 Å². The molecule has 0 fully saturated rings. The van der Waals surface area contributed by atoms with E-state index in [0.717, 1.165) is 15.8 Å². The molecule has 1 amide bonds. The Hall–Kier alpha value is -1.55. The summed E-state index contributed by atoms with van der Waals surface area (Å²) in [6.45, 7) is 3.85. The fraction of sp³-hybridized carbons (Fsp3) is 0.214. The number of halogens is 1. The second-order valence-corrected chi connectivity index (χ2v) is 5.14. The molecule has 1 aromatic carbocycles. The van der Waals surface area contributed by atoms with Crippen LogP contribution in [0.15, 0.2) is 45.5 Å². The van der Waals surface area contributed by atoms with Gasteiger partial charge in [0.05, 0.1) is 12.3 Å². The Morgan fingerprint density at radius 2 is 2.17 bits per heavy atom. The molecule has 2 rings (SSSR count). The molecule has 94 valence electrons. The van der Waals surface area contributed by atoms with Gasteiger partial charge in [-0.2, -0.15) is 0 Å². The molecule has 1 heterocycles. The maximum absolute atomic E-state index is 12.1. The van der Waals surface area contributed by atoms with Crippen LogP contribution in [0.3, 0.4) is 0 Å². The first-order valence-corrected chi connectivity index (χ1v) is 6.47. The number of amides is 1. The molecule has 1 aromatic heterocycles. The van der Waals surface area contributed by atoms with E-state index in [1.807, 2.05) is 32.0 Å². The van der Waals surface area contributed by atoms with Crippen molar-refractivity contribution in [2.75, 3.05) is 0 Å². The maximum Gasteiger partial charge on any atom is 0.251 e. The molecule has 1 N–H and O–H groups in total. The van der Waals surface area contributed by atoms with Gasteiger partial charge in [0.15, 0.2) is 0 Å². The van der Waals surface area contributed by atoms with Crippen molar-refractivity contribution in [2.24, 2.45) is 0 Å². The van der Waals surface area contributed by atoms with Crippen LogP contribution in [0, 0.1) is 6.92 Å².